The van der Waals surface area contributed by atoms with Crippen LogP contribution in [-0.4, -0.2) is 55.8 Å². The lowest BCUT2D eigenvalue weighted by Crippen LogP contribution is -2.06. The average molecular weight is 893 g/mol. The van der Waals surface area contributed by atoms with Crippen LogP contribution < -0.4 is 33.6 Å². The van der Waals surface area contributed by atoms with Gasteiger partial charge in [-0.3, -0.25) is 9.11 Å². The quantitative estimate of drug-likeness (QED) is 0.0341. The number of aromatic nitrogens is 6. The molecule has 0 bridgehead atoms. The first kappa shape index (κ1) is 42.4. The predicted molar refractivity (Wildman–Crippen MR) is 247 cm³/mol. The summed E-state index contributed by atoms with van der Waals surface area (Å²) in [5.74, 6) is 1.24. The number of nitrogens with one attached hydrogen (secondary N) is 2. The second kappa shape index (κ2) is 17.2. The monoisotopic (exact) mass is 892 g/mol. The van der Waals surface area contributed by atoms with Crippen molar-refractivity contribution in [3.05, 3.63) is 145 Å². The fourth-order valence-corrected chi connectivity index (χ4v) is 7.71. The van der Waals surface area contributed by atoms with Gasteiger partial charge in [0.15, 0.2) is 23.3 Å². The highest BCUT2D eigenvalue weighted by Gasteiger charge is 2.20. The first-order chi connectivity index (χ1) is 30.5. The molecular weight excluding hydrogens is 857 g/mol. The summed E-state index contributed by atoms with van der Waals surface area (Å²) >= 11 is 0. The van der Waals surface area contributed by atoms with Crippen molar-refractivity contribution in [2.45, 2.75) is 9.79 Å². The molecule has 320 valence electrons. The van der Waals surface area contributed by atoms with Crippen LogP contribution in [0.1, 0.15) is 11.1 Å². The van der Waals surface area contributed by atoms with Crippen molar-refractivity contribution in [2.75, 3.05) is 33.6 Å². The number of anilines is 8. The zero-order chi connectivity index (χ0) is 45.2. The standard InChI is InChI=1S/C44H36N12O6S2/c45-31-13-3-27(4-14-31)39-51-40(28-5-15-32(46)16-6-28)54-43(53-39)49-35-21-11-25(37(23-35)63(57,58)59)1-2-26-12-22-36(24-38(26)64(60,61)62)50-44-55-41(29-7-17-33(47)18-8-29)52-42(56-44)30-9-19-34(48)20-10-30/h1-24H,45-48H2,(H,57,58,59)(H,60,61,62)(H,49,51,53,54)(H,50,52,55,56)/b2-1+. The van der Waals surface area contributed by atoms with E-state index in [-0.39, 0.29) is 57.7 Å². The van der Waals surface area contributed by atoms with Crippen molar-refractivity contribution in [2.24, 2.45) is 0 Å². The maximum atomic E-state index is 12.8. The van der Waals surface area contributed by atoms with Crippen LogP contribution in [0.3, 0.4) is 0 Å². The molecular formula is C44H36N12O6S2. The zero-order valence-electron chi connectivity index (χ0n) is 33.2. The van der Waals surface area contributed by atoms with Crippen LogP contribution >= 0.6 is 0 Å². The van der Waals surface area contributed by atoms with Gasteiger partial charge in [0.25, 0.3) is 20.2 Å². The highest BCUT2D eigenvalue weighted by Crippen LogP contribution is 2.31. The average Bonchev–Trinajstić information content (AvgIpc) is 3.26. The second-order valence-electron chi connectivity index (χ2n) is 14.1. The summed E-state index contributed by atoms with van der Waals surface area (Å²) in [7, 11) is -9.74. The predicted octanol–water partition coefficient (Wildman–Crippen LogP) is 7.20. The number of nitrogen functional groups attached to an aromatic ring is 4. The molecule has 2 heterocycles. The van der Waals surface area contributed by atoms with E-state index < -0.39 is 30.0 Å². The fourth-order valence-electron chi connectivity index (χ4n) is 6.29. The first-order valence-electron chi connectivity index (χ1n) is 19.0. The van der Waals surface area contributed by atoms with Gasteiger partial charge < -0.3 is 33.6 Å². The van der Waals surface area contributed by atoms with Gasteiger partial charge in [0.1, 0.15) is 9.79 Å². The number of hydrogen-bond acceptors (Lipinski definition) is 16. The third-order valence-corrected chi connectivity index (χ3v) is 11.3. The van der Waals surface area contributed by atoms with Crippen LogP contribution in [0.15, 0.2) is 143 Å². The molecule has 2 aromatic heterocycles. The van der Waals surface area contributed by atoms with Crippen molar-refractivity contribution in [1.82, 2.24) is 29.9 Å². The summed E-state index contributed by atoms with van der Waals surface area (Å²) in [6.45, 7) is 0. The Bertz CT molecular complexity index is 2950. The second-order valence-corrected chi connectivity index (χ2v) is 16.9. The van der Waals surface area contributed by atoms with Gasteiger partial charge in [-0.15, -0.1) is 0 Å². The highest BCUT2D eigenvalue weighted by atomic mass is 32.2. The minimum absolute atomic E-state index is 0.0205. The van der Waals surface area contributed by atoms with E-state index in [1.807, 2.05) is 0 Å². The number of hydrogen-bond donors (Lipinski definition) is 8. The van der Waals surface area contributed by atoms with Crippen LogP contribution in [0.5, 0.6) is 0 Å². The molecule has 0 aliphatic rings. The molecule has 20 heteroatoms. The van der Waals surface area contributed by atoms with Crippen molar-refractivity contribution in [3.63, 3.8) is 0 Å². The van der Waals surface area contributed by atoms with E-state index in [1.54, 1.807) is 97.1 Å². The summed E-state index contributed by atoms with van der Waals surface area (Å²) in [5, 5.41) is 5.98. The number of benzene rings is 6. The summed E-state index contributed by atoms with van der Waals surface area (Å²) < 4.78 is 71.7. The zero-order valence-corrected chi connectivity index (χ0v) is 34.8. The molecule has 0 fully saturated rings. The SMILES string of the molecule is Nc1ccc(-c2nc(Nc3ccc(/C=C/c4ccc(Nc5nc(-c6ccc(N)cc6)nc(-c6ccc(N)cc6)n5)cc4S(=O)(=O)O)c(S(=O)(=O)O)c3)nc(-c3ccc(N)cc3)n2)cc1. The Kier molecular flexibility index (Phi) is 11.4. The smallest absolute Gasteiger partial charge is 0.295 e. The minimum atomic E-state index is -4.87. The van der Waals surface area contributed by atoms with Crippen molar-refractivity contribution in [3.8, 4) is 45.6 Å². The highest BCUT2D eigenvalue weighted by molar-refractivity contribution is 7.86. The third-order valence-electron chi connectivity index (χ3n) is 9.48. The van der Waals surface area contributed by atoms with Gasteiger partial charge in [-0.25, -0.2) is 9.97 Å². The lowest BCUT2D eigenvalue weighted by Gasteiger charge is -2.12. The van der Waals surface area contributed by atoms with E-state index in [2.05, 4.69) is 40.5 Å². The van der Waals surface area contributed by atoms with E-state index in [1.165, 1.54) is 36.4 Å². The van der Waals surface area contributed by atoms with Crippen molar-refractivity contribution >= 4 is 78.4 Å². The van der Waals surface area contributed by atoms with Gasteiger partial charge >= 0.3 is 0 Å². The Hall–Kier alpha value is -8.30. The van der Waals surface area contributed by atoms with Gasteiger partial charge in [0.2, 0.25) is 11.9 Å². The van der Waals surface area contributed by atoms with Gasteiger partial charge in [-0.2, -0.15) is 36.8 Å². The number of rotatable bonds is 12. The number of nitrogens with zero attached hydrogens (tertiary/aromatic N) is 6. The maximum absolute atomic E-state index is 12.8. The molecule has 0 aliphatic heterocycles. The van der Waals surface area contributed by atoms with Crippen LogP contribution in [0.25, 0.3) is 57.7 Å². The Balaban J connectivity index is 1.11. The lowest BCUT2D eigenvalue weighted by atomic mass is 10.1. The Labute approximate surface area is 366 Å². The molecule has 0 aliphatic carbocycles. The molecule has 0 atom stereocenters. The Morgan fingerprint density at radius 2 is 0.656 bits per heavy atom. The molecule has 0 unspecified atom stereocenters. The van der Waals surface area contributed by atoms with Crippen molar-refractivity contribution < 1.29 is 25.9 Å². The van der Waals surface area contributed by atoms with E-state index in [4.69, 9.17) is 22.9 Å². The molecule has 8 rings (SSSR count). The molecule has 12 N–H and O–H groups in total. The van der Waals surface area contributed by atoms with E-state index in [0.29, 0.717) is 45.0 Å². The third kappa shape index (κ3) is 9.91. The van der Waals surface area contributed by atoms with Crippen LogP contribution in [0, 0.1) is 0 Å². The van der Waals surface area contributed by atoms with E-state index in [0.717, 1.165) is 12.1 Å². The largest absolute Gasteiger partial charge is 0.399 e. The summed E-state index contributed by atoms with van der Waals surface area (Å²) in [6, 6.07) is 35.6. The molecule has 64 heavy (non-hydrogen) atoms. The lowest BCUT2D eigenvalue weighted by molar-refractivity contribution is 0.480. The van der Waals surface area contributed by atoms with Crippen molar-refractivity contribution in [1.29, 1.82) is 0 Å². The van der Waals surface area contributed by atoms with Crippen LogP contribution in [0.4, 0.5) is 46.0 Å². The molecule has 0 saturated heterocycles. The van der Waals surface area contributed by atoms with Gasteiger partial charge in [-0.05, 0) is 132 Å². The Morgan fingerprint density at radius 1 is 0.391 bits per heavy atom. The fraction of sp³-hybridized carbons (Fsp3) is 0. The summed E-state index contributed by atoms with van der Waals surface area (Å²) in [4.78, 5) is 26.3. The van der Waals surface area contributed by atoms with E-state index >= 15 is 0 Å². The van der Waals surface area contributed by atoms with E-state index in [9.17, 15) is 25.9 Å². The number of nitrogens with two attached hydrogens (primary N) is 4. The Morgan fingerprint density at radius 3 is 0.906 bits per heavy atom. The van der Waals surface area contributed by atoms with Gasteiger partial charge in [0.05, 0.1) is 0 Å². The topological polar surface area (TPSA) is 314 Å². The molecule has 18 nitrogen and oxygen atoms in total. The summed E-state index contributed by atoms with van der Waals surface area (Å²) in [5.41, 5.74) is 28.5. The van der Waals surface area contributed by atoms with Crippen LogP contribution in [0.2, 0.25) is 0 Å². The summed E-state index contributed by atoms with van der Waals surface area (Å²) in [6.07, 6.45) is 2.55. The molecule has 8 aromatic rings. The maximum Gasteiger partial charge on any atom is 0.295 e. The molecule has 0 spiro atoms. The molecule has 0 radical (unpaired) electrons. The van der Waals surface area contributed by atoms with Gasteiger partial charge in [0, 0.05) is 56.4 Å². The van der Waals surface area contributed by atoms with Gasteiger partial charge in [-0.1, -0.05) is 24.3 Å². The normalized spacial score (nSPS) is 11.7. The molecule has 0 saturated carbocycles. The minimum Gasteiger partial charge on any atom is -0.399 e. The molecule has 6 aromatic carbocycles. The molecule has 0 amide bonds. The van der Waals surface area contributed by atoms with Crippen LogP contribution in [-0.2, 0) is 20.2 Å². The first-order valence-corrected chi connectivity index (χ1v) is 21.8.